The molecule has 1 unspecified atom stereocenters. The van der Waals surface area contributed by atoms with Crippen LogP contribution >= 0.6 is 0 Å². The topological polar surface area (TPSA) is 4.36 Å². The Hall–Kier alpha value is -1.57. The van der Waals surface area contributed by atoms with Crippen LogP contribution in [0.15, 0.2) is 18.2 Å². The second-order valence-electron chi connectivity index (χ2n) is 3.04. The number of alkyl halides is 3. The molecule has 0 fully saturated rings. The molecule has 0 N–H and O–H groups in total. The number of halogens is 4. The maximum Gasteiger partial charge on any atom is 0.416 e. The summed E-state index contributed by atoms with van der Waals surface area (Å²) in [6.07, 6.45) is -4.51. The molecular weight excluding hydrogens is 210 g/mol. The summed E-state index contributed by atoms with van der Waals surface area (Å²) in [7, 11) is 0. The van der Waals surface area contributed by atoms with Gasteiger partial charge >= 0.3 is 6.18 Å². The molecule has 1 nitrogen and oxygen atoms in total. The van der Waals surface area contributed by atoms with Gasteiger partial charge in [0.15, 0.2) is 0 Å². The molecule has 1 aromatic rings. The third-order valence-corrected chi connectivity index (χ3v) is 1.97. The molecule has 1 aromatic carbocycles. The van der Waals surface area contributed by atoms with Gasteiger partial charge < -0.3 is 4.85 Å². The highest BCUT2D eigenvalue weighted by atomic mass is 19.4. The van der Waals surface area contributed by atoms with Crippen molar-refractivity contribution >= 4 is 0 Å². The SMILES string of the molecule is [C-]#[N+]C(C)c1cc(C(F)(F)F)ccc1F. The molecule has 0 aliphatic heterocycles. The van der Waals surface area contributed by atoms with E-state index in [1.165, 1.54) is 6.92 Å². The first-order valence-corrected chi connectivity index (χ1v) is 4.09. The molecule has 80 valence electrons. The second-order valence-corrected chi connectivity index (χ2v) is 3.04. The Balaban J connectivity index is 3.24. The van der Waals surface area contributed by atoms with E-state index in [1.807, 2.05) is 0 Å². The zero-order chi connectivity index (χ0) is 11.6. The minimum Gasteiger partial charge on any atom is -0.309 e. The number of rotatable bonds is 1. The lowest BCUT2D eigenvalue weighted by molar-refractivity contribution is -0.137. The van der Waals surface area contributed by atoms with Crippen LogP contribution in [0.1, 0.15) is 24.1 Å². The molecule has 0 aromatic heterocycles. The highest BCUT2D eigenvalue weighted by molar-refractivity contribution is 5.30. The average Bonchev–Trinajstić information content (AvgIpc) is 2.15. The van der Waals surface area contributed by atoms with E-state index in [9.17, 15) is 17.6 Å². The molecule has 0 aliphatic carbocycles. The average molecular weight is 217 g/mol. The smallest absolute Gasteiger partial charge is 0.309 e. The van der Waals surface area contributed by atoms with Gasteiger partial charge in [0, 0.05) is 6.92 Å². The fraction of sp³-hybridized carbons (Fsp3) is 0.300. The van der Waals surface area contributed by atoms with Gasteiger partial charge in [-0.3, -0.25) is 0 Å². The summed E-state index contributed by atoms with van der Waals surface area (Å²) in [5.74, 6) is -0.786. The highest BCUT2D eigenvalue weighted by Gasteiger charge is 2.32. The van der Waals surface area contributed by atoms with Crippen LogP contribution in [0.3, 0.4) is 0 Å². The fourth-order valence-electron chi connectivity index (χ4n) is 1.11. The van der Waals surface area contributed by atoms with Crippen molar-refractivity contribution in [3.63, 3.8) is 0 Å². The maximum absolute atomic E-state index is 13.1. The van der Waals surface area contributed by atoms with Gasteiger partial charge in [-0.25, -0.2) is 11.0 Å². The Bertz CT molecular complexity index is 403. The first kappa shape index (κ1) is 11.5. The zero-order valence-corrected chi connectivity index (χ0v) is 7.77. The first-order valence-electron chi connectivity index (χ1n) is 4.09. The molecular formula is C10H7F4N. The van der Waals surface area contributed by atoms with Gasteiger partial charge in [0.05, 0.1) is 11.1 Å². The normalized spacial score (nSPS) is 13.3. The van der Waals surface area contributed by atoms with Crippen molar-refractivity contribution in [3.05, 3.63) is 46.6 Å². The van der Waals surface area contributed by atoms with E-state index in [4.69, 9.17) is 6.57 Å². The second kappa shape index (κ2) is 3.89. The number of nitrogens with zero attached hydrogens (tertiary/aromatic N) is 1. The van der Waals surface area contributed by atoms with Crippen molar-refractivity contribution in [3.8, 4) is 0 Å². The standard InChI is InChI=1S/C10H7F4N/c1-6(15-2)8-5-7(10(12,13)14)3-4-9(8)11/h3-6H,1H3. The minimum atomic E-state index is -4.51. The predicted octanol–water partition coefficient (Wildman–Crippen LogP) is 3.82. The van der Waals surface area contributed by atoms with Crippen molar-refractivity contribution in [1.82, 2.24) is 0 Å². The summed E-state index contributed by atoms with van der Waals surface area (Å²) in [6.45, 7) is 8.00. The van der Waals surface area contributed by atoms with Crippen molar-refractivity contribution in [2.75, 3.05) is 0 Å². The Morgan fingerprint density at radius 1 is 1.33 bits per heavy atom. The molecule has 0 heterocycles. The number of hydrogen-bond acceptors (Lipinski definition) is 0. The Kier molecular flexibility index (Phi) is 2.98. The maximum atomic E-state index is 13.1. The first-order chi connectivity index (χ1) is 6.86. The van der Waals surface area contributed by atoms with Crippen molar-refractivity contribution in [1.29, 1.82) is 0 Å². The van der Waals surface area contributed by atoms with Crippen LogP contribution in [0.4, 0.5) is 17.6 Å². The van der Waals surface area contributed by atoms with E-state index >= 15 is 0 Å². The van der Waals surface area contributed by atoms with Crippen LogP contribution in [-0.2, 0) is 6.18 Å². The summed E-state index contributed by atoms with van der Waals surface area (Å²) in [5.41, 5.74) is -1.16. The quantitative estimate of drug-likeness (QED) is 0.497. The van der Waals surface area contributed by atoms with Gasteiger partial charge in [-0.15, -0.1) is 0 Å². The molecule has 5 heteroatoms. The largest absolute Gasteiger partial charge is 0.416 e. The molecule has 0 amide bonds. The molecule has 0 bridgehead atoms. The van der Waals surface area contributed by atoms with Crippen molar-refractivity contribution in [2.24, 2.45) is 0 Å². The van der Waals surface area contributed by atoms with Gasteiger partial charge in [-0.1, -0.05) is 0 Å². The van der Waals surface area contributed by atoms with Crippen LogP contribution in [0.25, 0.3) is 4.85 Å². The van der Waals surface area contributed by atoms with Gasteiger partial charge in [0.25, 0.3) is 0 Å². The number of hydrogen-bond donors (Lipinski definition) is 0. The fourth-order valence-corrected chi connectivity index (χ4v) is 1.11. The third-order valence-electron chi connectivity index (χ3n) is 1.97. The lowest BCUT2D eigenvalue weighted by atomic mass is 10.0. The monoisotopic (exact) mass is 217 g/mol. The van der Waals surface area contributed by atoms with E-state index < -0.39 is 23.6 Å². The van der Waals surface area contributed by atoms with Crippen molar-refractivity contribution < 1.29 is 17.6 Å². The molecule has 0 saturated heterocycles. The third kappa shape index (κ3) is 2.46. The van der Waals surface area contributed by atoms with E-state index in [0.29, 0.717) is 12.1 Å². The number of benzene rings is 1. The molecule has 15 heavy (non-hydrogen) atoms. The van der Waals surface area contributed by atoms with Gasteiger partial charge in [-0.05, 0) is 18.2 Å². The van der Waals surface area contributed by atoms with Crippen LogP contribution in [0.5, 0.6) is 0 Å². The molecule has 1 rings (SSSR count). The summed E-state index contributed by atoms with van der Waals surface area (Å²) in [4.78, 5) is 2.99. The lowest BCUT2D eigenvalue weighted by Crippen LogP contribution is -2.06. The van der Waals surface area contributed by atoms with Gasteiger partial charge in [-0.2, -0.15) is 13.2 Å². The molecule has 1 atom stereocenters. The Labute approximate surface area is 84.2 Å². The van der Waals surface area contributed by atoms with Crippen LogP contribution < -0.4 is 0 Å². The van der Waals surface area contributed by atoms with Gasteiger partial charge in [0.2, 0.25) is 6.04 Å². The minimum absolute atomic E-state index is 0.222. The molecule has 0 spiro atoms. The lowest BCUT2D eigenvalue weighted by Gasteiger charge is -2.09. The van der Waals surface area contributed by atoms with Crippen LogP contribution in [-0.4, -0.2) is 0 Å². The van der Waals surface area contributed by atoms with Crippen LogP contribution in [0, 0.1) is 12.4 Å². The Morgan fingerprint density at radius 3 is 2.40 bits per heavy atom. The predicted molar refractivity (Wildman–Crippen MR) is 46.4 cm³/mol. The summed E-state index contributed by atoms with van der Waals surface area (Å²) in [6, 6.07) is 1.17. The van der Waals surface area contributed by atoms with Crippen molar-refractivity contribution in [2.45, 2.75) is 19.1 Å². The van der Waals surface area contributed by atoms with E-state index in [-0.39, 0.29) is 5.56 Å². The zero-order valence-electron chi connectivity index (χ0n) is 7.77. The molecule has 0 saturated carbocycles. The summed E-state index contributed by atoms with van der Waals surface area (Å²) < 4.78 is 49.9. The van der Waals surface area contributed by atoms with Crippen LogP contribution in [0.2, 0.25) is 0 Å². The summed E-state index contributed by atoms with van der Waals surface area (Å²) in [5, 5.41) is 0. The van der Waals surface area contributed by atoms with E-state index in [2.05, 4.69) is 4.85 Å². The van der Waals surface area contributed by atoms with E-state index in [0.717, 1.165) is 6.07 Å². The van der Waals surface area contributed by atoms with E-state index in [1.54, 1.807) is 0 Å². The summed E-state index contributed by atoms with van der Waals surface area (Å²) >= 11 is 0. The highest BCUT2D eigenvalue weighted by Crippen LogP contribution is 2.32. The van der Waals surface area contributed by atoms with Gasteiger partial charge in [0.1, 0.15) is 5.82 Å². The molecule has 0 aliphatic rings. The molecule has 0 radical (unpaired) electrons. The Morgan fingerprint density at radius 2 is 1.93 bits per heavy atom.